The molecule has 11 nitrogen and oxygen atoms in total. The Labute approximate surface area is 233 Å². The second kappa shape index (κ2) is 13.5. The fourth-order valence-electron chi connectivity index (χ4n) is 4.08. The number of nitrogens with two attached hydrogens (primary N) is 1. The van der Waals surface area contributed by atoms with E-state index in [4.69, 9.17) is 10.5 Å². The van der Waals surface area contributed by atoms with Crippen LogP contribution in [0.5, 0.6) is 0 Å². The van der Waals surface area contributed by atoms with E-state index < -0.39 is 12.0 Å². The van der Waals surface area contributed by atoms with Crippen LogP contribution in [0.4, 0.5) is 17.1 Å². The number of hydrogen-bond donors (Lipinski definition) is 4. The van der Waals surface area contributed by atoms with E-state index in [2.05, 4.69) is 16.0 Å². The molecule has 3 rings (SSSR count). The van der Waals surface area contributed by atoms with Gasteiger partial charge in [-0.1, -0.05) is 26.0 Å². The Morgan fingerprint density at radius 3 is 2.13 bits per heavy atom. The van der Waals surface area contributed by atoms with Crippen LogP contribution in [0, 0.1) is 5.92 Å². The number of halogens is 1. The van der Waals surface area contributed by atoms with Crippen LogP contribution in [-0.2, 0) is 34.8 Å². The van der Waals surface area contributed by atoms with Gasteiger partial charge in [0.15, 0.2) is 0 Å². The molecule has 0 radical (unpaired) electrons. The third-order valence-electron chi connectivity index (χ3n) is 5.83. The summed E-state index contributed by atoms with van der Waals surface area (Å²) in [4.78, 5) is 50.1. The highest BCUT2D eigenvalue weighted by atomic mass is 35.5. The molecule has 0 fully saturated rings. The highest BCUT2D eigenvalue weighted by molar-refractivity contribution is 6.07. The first-order chi connectivity index (χ1) is 18.0. The van der Waals surface area contributed by atoms with Crippen LogP contribution in [0.2, 0.25) is 0 Å². The van der Waals surface area contributed by atoms with Crippen molar-refractivity contribution in [2.24, 2.45) is 20.0 Å². The van der Waals surface area contributed by atoms with Crippen LogP contribution in [-0.4, -0.2) is 46.0 Å². The van der Waals surface area contributed by atoms with Gasteiger partial charge in [-0.3, -0.25) is 14.4 Å². The number of carbonyl (C=O) groups excluding carboxylic acids is 4. The van der Waals surface area contributed by atoms with Crippen LogP contribution in [0.3, 0.4) is 0 Å². The molecule has 12 heteroatoms. The number of rotatable bonds is 10. The molecule has 39 heavy (non-hydrogen) atoms. The molecule has 0 aliphatic carbocycles. The second-order valence-electron chi connectivity index (χ2n) is 9.55. The molecule has 210 valence electrons. The van der Waals surface area contributed by atoms with Gasteiger partial charge in [-0.15, -0.1) is 12.4 Å². The molecule has 0 bridgehead atoms. The number of esters is 1. The van der Waals surface area contributed by atoms with E-state index in [1.807, 2.05) is 13.8 Å². The van der Waals surface area contributed by atoms with Crippen LogP contribution in [0.25, 0.3) is 0 Å². The number of aryl methyl sites for hydroxylation is 2. The first kappa shape index (κ1) is 31.0. The van der Waals surface area contributed by atoms with Crippen molar-refractivity contribution in [1.82, 2.24) is 14.5 Å². The number of benzene rings is 1. The Morgan fingerprint density at radius 2 is 1.54 bits per heavy atom. The molecule has 2 aromatic heterocycles. The van der Waals surface area contributed by atoms with Gasteiger partial charge in [0.05, 0.1) is 24.9 Å². The summed E-state index contributed by atoms with van der Waals surface area (Å²) in [5.74, 6) is -1.36. The van der Waals surface area contributed by atoms with Gasteiger partial charge in [-0.05, 0) is 42.2 Å². The summed E-state index contributed by atoms with van der Waals surface area (Å²) in [6.07, 6.45) is 3.76. The molecule has 1 atom stereocenters. The molecule has 0 spiro atoms. The molecular formula is C27H35ClN6O5. The van der Waals surface area contributed by atoms with Crippen LogP contribution in [0.1, 0.15) is 46.8 Å². The van der Waals surface area contributed by atoms with Crippen molar-refractivity contribution >= 4 is 53.2 Å². The van der Waals surface area contributed by atoms with E-state index in [9.17, 15) is 19.2 Å². The van der Waals surface area contributed by atoms with Gasteiger partial charge in [0, 0.05) is 32.2 Å². The minimum Gasteiger partial charge on any atom is -0.467 e. The van der Waals surface area contributed by atoms with Gasteiger partial charge in [0.2, 0.25) is 5.91 Å². The highest BCUT2D eigenvalue weighted by Gasteiger charge is 2.23. The average molecular weight is 559 g/mol. The molecule has 0 aliphatic heterocycles. The molecule has 1 unspecified atom stereocenters. The summed E-state index contributed by atoms with van der Waals surface area (Å²) < 4.78 is 8.02. The van der Waals surface area contributed by atoms with Crippen molar-refractivity contribution < 1.29 is 23.9 Å². The maximum Gasteiger partial charge on any atom is 0.328 e. The van der Waals surface area contributed by atoms with Crippen molar-refractivity contribution in [1.29, 1.82) is 0 Å². The number of methoxy groups -OCH3 is 1. The summed E-state index contributed by atoms with van der Waals surface area (Å²) in [5, 5.41) is 8.32. The zero-order valence-electron chi connectivity index (χ0n) is 22.6. The minimum absolute atomic E-state index is 0. The lowest BCUT2D eigenvalue weighted by atomic mass is 10.0. The number of nitrogens with one attached hydrogen (secondary N) is 3. The summed E-state index contributed by atoms with van der Waals surface area (Å²) in [5.41, 5.74) is 8.55. The molecule has 3 aromatic rings. The zero-order chi connectivity index (χ0) is 28.0. The Bertz CT molecular complexity index is 1350. The quantitative estimate of drug-likeness (QED) is 0.281. The standard InChI is InChI=1S/C27H34N6O5.ClH/c1-16(2)9-21(27(37)38-5)31-24(34)11-17-7-6-8-19(10-17)29-26(36)23-13-20(15-33(23)4)30-25(35)22-12-18(28)14-32(22)3;/h6-8,10,12-16,21H,9,11,28H2,1-5H3,(H,29,36)(H,30,35)(H,31,34);1H. The van der Waals surface area contributed by atoms with Gasteiger partial charge in [0.1, 0.15) is 17.4 Å². The molecule has 0 saturated heterocycles. The molecule has 1 aromatic carbocycles. The maximum absolute atomic E-state index is 13.0. The monoisotopic (exact) mass is 558 g/mol. The van der Waals surface area contributed by atoms with Crippen molar-refractivity contribution in [2.75, 3.05) is 23.5 Å². The van der Waals surface area contributed by atoms with Crippen LogP contribution in [0.15, 0.2) is 48.8 Å². The predicted molar refractivity (Wildman–Crippen MR) is 152 cm³/mol. The van der Waals surface area contributed by atoms with Crippen molar-refractivity contribution in [3.8, 4) is 0 Å². The van der Waals surface area contributed by atoms with E-state index in [0.717, 1.165) is 0 Å². The SMILES string of the molecule is COC(=O)C(CC(C)C)NC(=O)Cc1cccc(NC(=O)c2cc(NC(=O)c3cc(N)cn3C)cn2C)c1.Cl. The Hall–Kier alpha value is -4.25. The fraction of sp³-hybridized carbons (Fsp3) is 0.333. The number of ether oxygens (including phenoxy) is 1. The molecule has 3 amide bonds. The first-order valence-corrected chi connectivity index (χ1v) is 12.1. The zero-order valence-corrected chi connectivity index (χ0v) is 23.4. The largest absolute Gasteiger partial charge is 0.467 e. The van der Waals surface area contributed by atoms with E-state index in [1.165, 1.54) is 7.11 Å². The summed E-state index contributed by atoms with van der Waals surface area (Å²) >= 11 is 0. The van der Waals surface area contributed by atoms with Gasteiger partial charge in [0.25, 0.3) is 11.8 Å². The van der Waals surface area contributed by atoms with E-state index in [-0.39, 0.29) is 42.5 Å². The lowest BCUT2D eigenvalue weighted by Gasteiger charge is -2.18. The summed E-state index contributed by atoms with van der Waals surface area (Å²) in [6.45, 7) is 3.91. The summed E-state index contributed by atoms with van der Waals surface area (Å²) in [7, 11) is 4.70. The average Bonchev–Trinajstić information content (AvgIpc) is 3.38. The van der Waals surface area contributed by atoms with E-state index in [1.54, 1.807) is 72.0 Å². The van der Waals surface area contributed by atoms with Crippen LogP contribution < -0.4 is 21.7 Å². The van der Waals surface area contributed by atoms with E-state index in [0.29, 0.717) is 40.4 Å². The normalized spacial score (nSPS) is 11.3. The van der Waals surface area contributed by atoms with E-state index >= 15 is 0 Å². The number of nitrogen functional groups attached to an aromatic ring is 1. The Morgan fingerprint density at radius 1 is 0.923 bits per heavy atom. The van der Waals surface area contributed by atoms with Crippen molar-refractivity contribution in [3.63, 3.8) is 0 Å². The number of anilines is 3. The number of hydrogen-bond acceptors (Lipinski definition) is 6. The molecular weight excluding hydrogens is 524 g/mol. The van der Waals surface area contributed by atoms with Crippen molar-refractivity contribution in [3.05, 3.63) is 65.7 Å². The molecule has 2 heterocycles. The van der Waals surface area contributed by atoms with Gasteiger partial charge < -0.3 is 35.6 Å². The third-order valence-corrected chi connectivity index (χ3v) is 5.83. The fourth-order valence-corrected chi connectivity index (χ4v) is 4.08. The third kappa shape index (κ3) is 8.37. The molecule has 0 aliphatic rings. The lowest BCUT2D eigenvalue weighted by Crippen LogP contribution is -2.43. The smallest absolute Gasteiger partial charge is 0.328 e. The van der Waals surface area contributed by atoms with Crippen LogP contribution >= 0.6 is 12.4 Å². The van der Waals surface area contributed by atoms with Gasteiger partial charge in [-0.2, -0.15) is 0 Å². The Balaban J connectivity index is 0.00000533. The highest BCUT2D eigenvalue weighted by Crippen LogP contribution is 2.18. The minimum atomic E-state index is -0.721. The maximum atomic E-state index is 13.0. The number of amides is 3. The molecule has 0 saturated carbocycles. The first-order valence-electron chi connectivity index (χ1n) is 12.1. The van der Waals surface area contributed by atoms with Gasteiger partial charge in [-0.25, -0.2) is 4.79 Å². The number of aromatic nitrogens is 2. The second-order valence-corrected chi connectivity index (χ2v) is 9.55. The predicted octanol–water partition coefficient (Wildman–Crippen LogP) is 3.12. The summed E-state index contributed by atoms with van der Waals surface area (Å²) in [6, 6.07) is 9.31. The molecule has 5 N–H and O–H groups in total. The topological polar surface area (TPSA) is 149 Å². The Kier molecular flexibility index (Phi) is 10.7. The van der Waals surface area contributed by atoms with Crippen molar-refractivity contribution in [2.45, 2.75) is 32.7 Å². The lowest BCUT2D eigenvalue weighted by molar-refractivity contribution is -0.145. The number of carbonyl (C=O) groups is 4. The van der Waals surface area contributed by atoms with Gasteiger partial charge >= 0.3 is 5.97 Å². The number of nitrogens with zero attached hydrogens (tertiary/aromatic N) is 2.